The summed E-state index contributed by atoms with van der Waals surface area (Å²) in [6, 6.07) is 8.81. The predicted molar refractivity (Wildman–Crippen MR) is 77.4 cm³/mol. The number of aromatic amines is 1. The Labute approximate surface area is 119 Å². The molecule has 0 aliphatic carbocycles. The fourth-order valence-corrected chi connectivity index (χ4v) is 2.89. The van der Waals surface area contributed by atoms with E-state index in [0.717, 1.165) is 0 Å². The Morgan fingerprint density at radius 3 is 2.71 bits per heavy atom. The number of fused-ring (bicyclic) bond motifs is 1. The molecule has 3 rings (SSSR count). The van der Waals surface area contributed by atoms with E-state index in [1.165, 1.54) is 36.8 Å². The van der Waals surface area contributed by atoms with Crippen molar-refractivity contribution in [2.24, 2.45) is 0 Å². The smallest absolute Gasteiger partial charge is 0.263 e. The van der Waals surface area contributed by atoms with Crippen molar-refractivity contribution in [2.45, 2.75) is 4.90 Å². The lowest BCUT2D eigenvalue weighted by molar-refractivity contribution is 0.601. The molecule has 0 bridgehead atoms. The van der Waals surface area contributed by atoms with Crippen LogP contribution in [0, 0.1) is 0 Å². The highest BCUT2D eigenvalue weighted by atomic mass is 32.2. The number of hydrogen-bond donors (Lipinski definition) is 2. The molecule has 1 aromatic carbocycles. The molecule has 2 heterocycles. The minimum atomic E-state index is -3.75. The van der Waals surface area contributed by atoms with Gasteiger partial charge in [-0.25, -0.2) is 18.4 Å². The first kappa shape index (κ1) is 13.3. The van der Waals surface area contributed by atoms with Crippen LogP contribution in [0.4, 0.5) is 5.82 Å². The van der Waals surface area contributed by atoms with Gasteiger partial charge in [0.25, 0.3) is 10.0 Å². The van der Waals surface area contributed by atoms with Crippen LogP contribution in [-0.2, 0) is 10.0 Å². The molecule has 3 aromatic rings. The van der Waals surface area contributed by atoms with Crippen molar-refractivity contribution in [2.75, 3.05) is 4.72 Å². The maximum absolute atomic E-state index is 12.3. The number of H-pyrrole nitrogens is 1. The quantitative estimate of drug-likeness (QED) is 0.754. The van der Waals surface area contributed by atoms with Gasteiger partial charge in [-0.05, 0) is 35.7 Å². The van der Waals surface area contributed by atoms with Gasteiger partial charge in [0, 0.05) is 17.8 Å². The third-order valence-corrected chi connectivity index (χ3v) is 4.18. The second-order valence-corrected chi connectivity index (χ2v) is 5.95. The van der Waals surface area contributed by atoms with Gasteiger partial charge in [0.1, 0.15) is 12.1 Å². The van der Waals surface area contributed by atoms with Gasteiger partial charge in [-0.3, -0.25) is 9.52 Å². The lowest BCUT2D eigenvalue weighted by Crippen LogP contribution is -2.14. The molecule has 7 nitrogen and oxygen atoms in total. The number of nitrogens with one attached hydrogen (secondary N) is 2. The molecular weight excluding hydrogens is 292 g/mol. The summed E-state index contributed by atoms with van der Waals surface area (Å²) in [6.45, 7) is 0. The molecular formula is C13H10N4O3S. The standard InChI is InChI=1S/C13H10N4O3S/c18-13-4-1-9-7-10(2-3-11(9)16-13)21(19,20)17-12-5-6-14-8-15-12/h1-8H,(H,16,18)(H,14,15,17). The van der Waals surface area contributed by atoms with Crippen molar-refractivity contribution in [1.82, 2.24) is 15.0 Å². The zero-order chi connectivity index (χ0) is 14.9. The van der Waals surface area contributed by atoms with Crippen molar-refractivity contribution in [1.29, 1.82) is 0 Å². The van der Waals surface area contributed by atoms with E-state index in [0.29, 0.717) is 10.9 Å². The van der Waals surface area contributed by atoms with Crippen LogP contribution < -0.4 is 10.3 Å². The minimum Gasteiger partial charge on any atom is -0.322 e. The van der Waals surface area contributed by atoms with Crippen LogP contribution in [0.5, 0.6) is 0 Å². The first-order valence-electron chi connectivity index (χ1n) is 5.96. The summed E-state index contributed by atoms with van der Waals surface area (Å²) >= 11 is 0. The Hall–Kier alpha value is -2.74. The van der Waals surface area contributed by atoms with Gasteiger partial charge in [-0.1, -0.05) is 0 Å². The Bertz CT molecular complexity index is 952. The van der Waals surface area contributed by atoms with Crippen molar-refractivity contribution in [3.05, 3.63) is 59.3 Å². The fourth-order valence-electron chi connectivity index (χ4n) is 1.85. The monoisotopic (exact) mass is 302 g/mol. The Morgan fingerprint density at radius 1 is 1.10 bits per heavy atom. The zero-order valence-electron chi connectivity index (χ0n) is 10.6. The molecule has 0 saturated carbocycles. The summed E-state index contributed by atoms with van der Waals surface area (Å²) in [6.07, 6.45) is 2.69. The normalized spacial score (nSPS) is 11.4. The molecule has 8 heteroatoms. The molecule has 0 aliphatic heterocycles. The molecule has 2 N–H and O–H groups in total. The third-order valence-electron chi connectivity index (χ3n) is 2.83. The fraction of sp³-hybridized carbons (Fsp3) is 0. The van der Waals surface area contributed by atoms with Crippen LogP contribution in [-0.4, -0.2) is 23.4 Å². The molecule has 2 aromatic heterocycles. The number of hydrogen-bond acceptors (Lipinski definition) is 5. The molecule has 0 amide bonds. The second-order valence-electron chi connectivity index (χ2n) is 4.27. The second kappa shape index (κ2) is 4.98. The van der Waals surface area contributed by atoms with Crippen molar-refractivity contribution >= 4 is 26.7 Å². The number of aromatic nitrogens is 3. The summed E-state index contributed by atoms with van der Waals surface area (Å²) in [5.41, 5.74) is 0.334. The van der Waals surface area contributed by atoms with Gasteiger partial charge in [0.15, 0.2) is 0 Å². The summed E-state index contributed by atoms with van der Waals surface area (Å²) in [4.78, 5) is 21.4. The van der Waals surface area contributed by atoms with Gasteiger partial charge < -0.3 is 4.98 Å². The van der Waals surface area contributed by atoms with E-state index in [4.69, 9.17) is 0 Å². The summed E-state index contributed by atoms with van der Waals surface area (Å²) in [7, 11) is -3.75. The Kier molecular flexibility index (Phi) is 3.15. The van der Waals surface area contributed by atoms with Gasteiger partial charge in [-0.2, -0.15) is 0 Å². The minimum absolute atomic E-state index is 0.0839. The third kappa shape index (κ3) is 2.75. The highest BCUT2D eigenvalue weighted by Crippen LogP contribution is 2.18. The average molecular weight is 302 g/mol. The first-order chi connectivity index (χ1) is 10.0. The number of benzene rings is 1. The molecule has 0 fully saturated rings. The van der Waals surface area contributed by atoms with Crippen LogP contribution in [0.1, 0.15) is 0 Å². The highest BCUT2D eigenvalue weighted by Gasteiger charge is 2.15. The van der Waals surface area contributed by atoms with Crippen LogP contribution >= 0.6 is 0 Å². The van der Waals surface area contributed by atoms with E-state index in [2.05, 4.69) is 19.7 Å². The predicted octanol–water partition coefficient (Wildman–Crippen LogP) is 1.12. The molecule has 0 unspecified atom stereocenters. The summed E-state index contributed by atoms with van der Waals surface area (Å²) < 4.78 is 26.9. The molecule has 0 atom stereocenters. The van der Waals surface area contributed by atoms with Crippen LogP contribution in [0.25, 0.3) is 10.9 Å². The van der Waals surface area contributed by atoms with E-state index in [1.807, 2.05) is 0 Å². The lowest BCUT2D eigenvalue weighted by Gasteiger charge is -2.07. The summed E-state index contributed by atoms with van der Waals surface area (Å²) in [5.74, 6) is 0.187. The topological polar surface area (TPSA) is 105 Å². The number of rotatable bonds is 3. The average Bonchev–Trinajstić information content (AvgIpc) is 2.47. The van der Waals surface area contributed by atoms with E-state index in [9.17, 15) is 13.2 Å². The molecule has 106 valence electrons. The maximum atomic E-state index is 12.3. The van der Waals surface area contributed by atoms with E-state index < -0.39 is 10.0 Å². The number of nitrogens with zero attached hydrogens (tertiary/aromatic N) is 2. The molecule has 0 spiro atoms. The zero-order valence-corrected chi connectivity index (χ0v) is 11.5. The number of anilines is 1. The van der Waals surface area contributed by atoms with Gasteiger partial charge in [-0.15, -0.1) is 0 Å². The van der Waals surface area contributed by atoms with Crippen LogP contribution in [0.2, 0.25) is 0 Å². The number of pyridine rings is 1. The molecule has 21 heavy (non-hydrogen) atoms. The van der Waals surface area contributed by atoms with Crippen LogP contribution in [0.15, 0.2) is 58.6 Å². The Balaban J connectivity index is 2.03. The Morgan fingerprint density at radius 2 is 1.95 bits per heavy atom. The molecule has 0 saturated heterocycles. The van der Waals surface area contributed by atoms with Gasteiger partial charge in [0.2, 0.25) is 5.56 Å². The first-order valence-corrected chi connectivity index (χ1v) is 7.45. The number of sulfonamides is 1. The van der Waals surface area contributed by atoms with E-state index in [1.54, 1.807) is 12.1 Å². The van der Waals surface area contributed by atoms with Gasteiger partial charge in [0.05, 0.1) is 4.90 Å². The van der Waals surface area contributed by atoms with Gasteiger partial charge >= 0.3 is 0 Å². The van der Waals surface area contributed by atoms with Crippen molar-refractivity contribution < 1.29 is 8.42 Å². The maximum Gasteiger partial charge on any atom is 0.263 e. The largest absolute Gasteiger partial charge is 0.322 e. The van der Waals surface area contributed by atoms with E-state index >= 15 is 0 Å². The van der Waals surface area contributed by atoms with Crippen molar-refractivity contribution in [3.63, 3.8) is 0 Å². The molecule has 0 aliphatic rings. The SMILES string of the molecule is O=c1ccc2cc(S(=O)(=O)Nc3ccncn3)ccc2[nH]1. The van der Waals surface area contributed by atoms with E-state index in [-0.39, 0.29) is 16.3 Å². The lowest BCUT2D eigenvalue weighted by atomic mass is 10.2. The molecule has 0 radical (unpaired) electrons. The summed E-state index contributed by atoms with van der Waals surface area (Å²) in [5, 5.41) is 0.625. The highest BCUT2D eigenvalue weighted by molar-refractivity contribution is 7.92. The van der Waals surface area contributed by atoms with Crippen molar-refractivity contribution in [3.8, 4) is 0 Å². The van der Waals surface area contributed by atoms with Crippen LogP contribution in [0.3, 0.4) is 0 Å².